The van der Waals surface area contributed by atoms with Gasteiger partial charge in [0.15, 0.2) is 11.5 Å². The number of benzene rings is 4. The van der Waals surface area contributed by atoms with Crippen molar-refractivity contribution in [3.63, 3.8) is 0 Å². The molecule has 53 heavy (non-hydrogen) atoms. The first-order chi connectivity index (χ1) is 25.0. The lowest BCUT2D eigenvalue weighted by atomic mass is 9.94. The van der Waals surface area contributed by atoms with Crippen LogP contribution in [0.3, 0.4) is 0 Å². The number of carbonyl (C=O) groups excluding carboxylic acids is 2. The minimum Gasteiger partial charge on any atom is -0.492 e. The number of amides is 2. The second-order valence-electron chi connectivity index (χ2n) is 14.6. The van der Waals surface area contributed by atoms with Crippen molar-refractivity contribution < 1.29 is 23.8 Å². The van der Waals surface area contributed by atoms with Gasteiger partial charge in [-0.25, -0.2) is 0 Å². The van der Waals surface area contributed by atoms with Crippen molar-refractivity contribution in [3.8, 4) is 11.5 Å². The third-order valence-corrected chi connectivity index (χ3v) is 9.23. The highest BCUT2D eigenvalue weighted by Crippen LogP contribution is 2.45. The Balaban J connectivity index is 0.00000627. The fraction of sp³-hybridized carbons (Fsp3) is 0.395. The smallest absolute Gasteiger partial charge is 0.256 e. The fourth-order valence-corrected chi connectivity index (χ4v) is 6.66. The zero-order valence-corrected chi connectivity index (χ0v) is 33.1. The molecule has 1 aliphatic rings. The van der Waals surface area contributed by atoms with Gasteiger partial charge in [0, 0.05) is 42.0 Å². The number of ether oxygens (including phenoxy) is 3. The van der Waals surface area contributed by atoms with Crippen LogP contribution in [-0.2, 0) is 27.3 Å². The molecule has 0 spiro atoms. The standard InChI is InChI=1S/C43H52ClN3O5.ClH/c1-43(2,3)30-47-36-23-22-33(44)27-35(36)40(52-38(42(47)49)28-39(48)46(4)29-32-17-10-7-11-18-32)34-20-12-21-37(41(34)50-5)51-26-14-25-45-24-13-19-31-15-8-6-9-16-31;/h6-12,15-18,20-23,27,38,40,45H,13-14,19,24-26,28-30H2,1-5H3;1H. The maximum Gasteiger partial charge on any atom is 0.256 e. The van der Waals surface area contributed by atoms with E-state index in [4.69, 9.17) is 25.8 Å². The average molecular weight is 763 g/mol. The Morgan fingerprint density at radius 2 is 1.58 bits per heavy atom. The molecule has 5 rings (SSSR count). The number of anilines is 1. The number of nitrogens with zero attached hydrogens (tertiary/aromatic N) is 2. The van der Waals surface area contributed by atoms with Crippen LogP contribution in [0.1, 0.15) is 68.4 Å². The molecule has 2 amide bonds. The van der Waals surface area contributed by atoms with E-state index >= 15 is 0 Å². The second-order valence-corrected chi connectivity index (χ2v) is 15.0. The van der Waals surface area contributed by atoms with Crippen LogP contribution < -0.4 is 19.7 Å². The number of halogens is 2. The van der Waals surface area contributed by atoms with Gasteiger partial charge in [0.1, 0.15) is 12.2 Å². The number of hydrogen-bond acceptors (Lipinski definition) is 6. The quantitative estimate of drug-likeness (QED) is 0.115. The number of fused-ring (bicyclic) bond motifs is 1. The van der Waals surface area contributed by atoms with E-state index in [1.54, 1.807) is 30.0 Å². The average Bonchev–Trinajstić information content (AvgIpc) is 3.23. The normalized spacial score (nSPS) is 15.6. The molecule has 1 aliphatic heterocycles. The number of para-hydroxylation sites is 1. The zero-order valence-electron chi connectivity index (χ0n) is 31.5. The van der Waals surface area contributed by atoms with Gasteiger partial charge in [-0.05, 0) is 73.2 Å². The van der Waals surface area contributed by atoms with Crippen molar-refractivity contribution in [1.29, 1.82) is 0 Å². The molecule has 10 heteroatoms. The van der Waals surface area contributed by atoms with Crippen molar-refractivity contribution in [2.45, 2.75) is 65.2 Å². The Morgan fingerprint density at radius 3 is 2.26 bits per heavy atom. The Morgan fingerprint density at radius 1 is 0.906 bits per heavy atom. The molecule has 4 aromatic rings. The third-order valence-electron chi connectivity index (χ3n) is 9.00. The lowest BCUT2D eigenvalue weighted by Crippen LogP contribution is -2.45. The summed E-state index contributed by atoms with van der Waals surface area (Å²) >= 11 is 6.62. The highest BCUT2D eigenvalue weighted by atomic mass is 35.5. The van der Waals surface area contributed by atoms with Crippen LogP contribution in [0.2, 0.25) is 5.02 Å². The van der Waals surface area contributed by atoms with E-state index in [2.05, 4.69) is 50.4 Å². The second kappa shape index (κ2) is 19.8. The van der Waals surface area contributed by atoms with Crippen LogP contribution in [0.5, 0.6) is 11.5 Å². The number of carbonyl (C=O) groups is 2. The molecule has 1 heterocycles. The van der Waals surface area contributed by atoms with Gasteiger partial charge in [-0.1, -0.05) is 105 Å². The van der Waals surface area contributed by atoms with Gasteiger partial charge in [0.05, 0.1) is 20.1 Å². The topological polar surface area (TPSA) is 80.3 Å². The van der Waals surface area contributed by atoms with E-state index in [9.17, 15) is 9.59 Å². The Hall–Kier alpha value is -4.08. The summed E-state index contributed by atoms with van der Waals surface area (Å²) in [5.74, 6) is 0.620. The summed E-state index contributed by atoms with van der Waals surface area (Å²) in [5.41, 5.74) is 4.19. The first kappa shape index (κ1) is 41.7. The van der Waals surface area contributed by atoms with E-state index in [1.165, 1.54) is 5.56 Å². The van der Waals surface area contributed by atoms with Crippen LogP contribution >= 0.6 is 24.0 Å². The molecule has 0 fully saturated rings. The van der Waals surface area contributed by atoms with Crippen molar-refractivity contribution in [2.75, 3.05) is 45.3 Å². The largest absolute Gasteiger partial charge is 0.492 e. The zero-order chi connectivity index (χ0) is 37.1. The van der Waals surface area contributed by atoms with Gasteiger partial charge in [-0.3, -0.25) is 9.59 Å². The molecular weight excluding hydrogens is 709 g/mol. The highest BCUT2D eigenvalue weighted by molar-refractivity contribution is 6.30. The molecule has 2 atom stereocenters. The summed E-state index contributed by atoms with van der Waals surface area (Å²) in [7, 11) is 3.35. The molecule has 0 radical (unpaired) electrons. The molecule has 4 aromatic carbocycles. The summed E-state index contributed by atoms with van der Waals surface area (Å²) in [6.45, 7) is 9.33. The molecule has 0 bridgehead atoms. The minimum absolute atomic E-state index is 0. The predicted molar refractivity (Wildman–Crippen MR) is 215 cm³/mol. The number of nitrogens with one attached hydrogen (secondary N) is 1. The van der Waals surface area contributed by atoms with E-state index < -0.39 is 12.2 Å². The summed E-state index contributed by atoms with van der Waals surface area (Å²) in [6, 6.07) is 31.5. The van der Waals surface area contributed by atoms with Crippen LogP contribution in [-0.4, -0.2) is 63.2 Å². The number of aryl methyl sites for hydroxylation is 1. The van der Waals surface area contributed by atoms with Gasteiger partial charge in [-0.2, -0.15) is 0 Å². The van der Waals surface area contributed by atoms with Crippen LogP contribution in [0.25, 0.3) is 0 Å². The number of hydrogen-bond donors (Lipinski definition) is 1. The molecule has 0 aliphatic carbocycles. The first-order valence-electron chi connectivity index (χ1n) is 18.1. The van der Waals surface area contributed by atoms with Crippen LogP contribution in [0.4, 0.5) is 5.69 Å². The molecule has 0 saturated carbocycles. The Kier molecular flexibility index (Phi) is 15.6. The van der Waals surface area contributed by atoms with E-state index in [0.29, 0.717) is 53.0 Å². The number of rotatable bonds is 16. The highest BCUT2D eigenvalue weighted by Gasteiger charge is 2.40. The molecule has 0 aromatic heterocycles. The molecule has 1 N–H and O–H groups in total. The van der Waals surface area contributed by atoms with Gasteiger partial charge >= 0.3 is 0 Å². The molecule has 284 valence electrons. The summed E-state index contributed by atoms with van der Waals surface area (Å²) in [4.78, 5) is 31.6. The van der Waals surface area contributed by atoms with Crippen molar-refractivity contribution in [1.82, 2.24) is 10.2 Å². The van der Waals surface area contributed by atoms with Gasteiger partial charge < -0.3 is 29.3 Å². The monoisotopic (exact) mass is 761 g/mol. The Labute approximate surface area is 326 Å². The van der Waals surface area contributed by atoms with Crippen molar-refractivity contribution in [3.05, 3.63) is 124 Å². The summed E-state index contributed by atoms with van der Waals surface area (Å²) in [6.07, 6.45) is 0.965. The lowest BCUT2D eigenvalue weighted by Gasteiger charge is -2.31. The van der Waals surface area contributed by atoms with Crippen LogP contribution in [0, 0.1) is 5.41 Å². The summed E-state index contributed by atoms with van der Waals surface area (Å²) in [5, 5.41) is 4.02. The van der Waals surface area contributed by atoms with Gasteiger partial charge in [0.25, 0.3) is 5.91 Å². The van der Waals surface area contributed by atoms with E-state index in [1.807, 2.05) is 66.7 Å². The maximum absolute atomic E-state index is 14.5. The SMILES string of the molecule is COc1c(OCCCNCCCc2ccccc2)cccc1C1OC(CC(=O)N(C)Cc2ccccc2)C(=O)N(CC(C)(C)C)c2ccc(Cl)cc21.Cl. The van der Waals surface area contributed by atoms with E-state index in [-0.39, 0.29) is 36.1 Å². The number of methoxy groups -OCH3 is 1. The molecule has 8 nitrogen and oxygen atoms in total. The minimum atomic E-state index is -1.06. The van der Waals surface area contributed by atoms with Crippen LogP contribution in [0.15, 0.2) is 97.1 Å². The third kappa shape index (κ3) is 11.7. The van der Waals surface area contributed by atoms with Gasteiger partial charge in [-0.15, -0.1) is 12.4 Å². The fourth-order valence-electron chi connectivity index (χ4n) is 6.48. The molecule has 2 unspecified atom stereocenters. The molecular formula is C43H53Cl2N3O5. The lowest BCUT2D eigenvalue weighted by molar-refractivity contribution is -0.142. The first-order valence-corrected chi connectivity index (χ1v) is 18.5. The van der Waals surface area contributed by atoms with Crippen molar-refractivity contribution >= 4 is 41.5 Å². The predicted octanol–water partition coefficient (Wildman–Crippen LogP) is 8.68. The van der Waals surface area contributed by atoms with Gasteiger partial charge in [0.2, 0.25) is 5.91 Å². The molecule has 0 saturated heterocycles. The van der Waals surface area contributed by atoms with Crippen molar-refractivity contribution in [2.24, 2.45) is 5.41 Å². The maximum atomic E-state index is 14.5. The van der Waals surface area contributed by atoms with E-state index in [0.717, 1.165) is 37.9 Å². The Bertz CT molecular complexity index is 1770. The summed E-state index contributed by atoms with van der Waals surface area (Å²) < 4.78 is 19.1.